The van der Waals surface area contributed by atoms with E-state index in [1.165, 1.54) is 0 Å². The zero-order valence-corrected chi connectivity index (χ0v) is 5.59. The molecule has 0 unspecified atom stereocenters. The third-order valence-corrected chi connectivity index (χ3v) is 0.914. The number of terminal acetylenes is 1. The molecule has 3 heteroatoms. The fourth-order valence-corrected chi connectivity index (χ4v) is 0.309. The summed E-state index contributed by atoms with van der Waals surface area (Å²) in [6, 6.07) is -0.0338. The van der Waals surface area contributed by atoms with Crippen molar-refractivity contribution in [2.45, 2.75) is 19.9 Å². The van der Waals surface area contributed by atoms with Crippen molar-refractivity contribution in [2.24, 2.45) is 5.84 Å². The molecule has 0 fully saturated rings. The Balaban J connectivity index is 3.92. The van der Waals surface area contributed by atoms with Crippen LogP contribution < -0.4 is 5.84 Å². The summed E-state index contributed by atoms with van der Waals surface area (Å²) in [7, 11) is 0. The fraction of sp³-hybridized carbons (Fsp3) is 0.500. The molecular formula is C6H10N2O. The molecule has 9 heavy (non-hydrogen) atoms. The maximum absolute atomic E-state index is 10.5. The molecule has 1 amide bonds. The zero-order valence-electron chi connectivity index (χ0n) is 5.59. The van der Waals surface area contributed by atoms with Crippen LogP contribution in [0.3, 0.4) is 0 Å². The summed E-state index contributed by atoms with van der Waals surface area (Å²) in [4.78, 5) is 10.5. The largest absolute Gasteiger partial charge is 0.312 e. The van der Waals surface area contributed by atoms with Gasteiger partial charge in [-0.2, -0.15) is 0 Å². The van der Waals surface area contributed by atoms with E-state index in [1.807, 2.05) is 5.92 Å². The second-order valence-electron chi connectivity index (χ2n) is 1.95. The third kappa shape index (κ3) is 2.15. The maximum Gasteiger partial charge on any atom is 0.312 e. The Labute approximate surface area is 54.8 Å². The number of carbonyl (C=O) groups excluding carboxylic acids is 1. The van der Waals surface area contributed by atoms with Gasteiger partial charge in [0.1, 0.15) is 0 Å². The minimum atomic E-state index is -0.481. The number of rotatable bonds is 1. The first-order valence-corrected chi connectivity index (χ1v) is 2.64. The molecule has 0 aromatic rings. The van der Waals surface area contributed by atoms with E-state index in [4.69, 9.17) is 12.3 Å². The van der Waals surface area contributed by atoms with E-state index >= 15 is 0 Å². The number of hydrogen-bond acceptors (Lipinski definition) is 2. The first kappa shape index (κ1) is 7.99. The van der Waals surface area contributed by atoms with Crippen molar-refractivity contribution in [3.05, 3.63) is 0 Å². The summed E-state index contributed by atoms with van der Waals surface area (Å²) in [5.41, 5.74) is 0. The van der Waals surface area contributed by atoms with Crippen LogP contribution in [0.25, 0.3) is 0 Å². The van der Waals surface area contributed by atoms with Crippen LogP contribution >= 0.6 is 0 Å². The summed E-state index contributed by atoms with van der Waals surface area (Å²) in [6.45, 7) is 3.57. The Hall–Kier alpha value is -1.01. The van der Waals surface area contributed by atoms with Crippen LogP contribution in [0.15, 0.2) is 0 Å². The lowest BCUT2D eigenvalue weighted by atomic mass is 10.4. The van der Waals surface area contributed by atoms with Gasteiger partial charge in [-0.3, -0.25) is 9.80 Å². The molecule has 0 aliphatic heterocycles. The number of hydrogen-bond donors (Lipinski definition) is 1. The summed E-state index contributed by atoms with van der Waals surface area (Å²) < 4.78 is 0. The van der Waals surface area contributed by atoms with Crippen LogP contribution in [0.1, 0.15) is 13.8 Å². The molecule has 0 saturated heterocycles. The summed E-state index contributed by atoms with van der Waals surface area (Å²) in [6.07, 6.45) is 4.79. The van der Waals surface area contributed by atoms with Gasteiger partial charge in [-0.25, -0.2) is 5.84 Å². The van der Waals surface area contributed by atoms with E-state index in [0.29, 0.717) is 0 Å². The quantitative estimate of drug-likeness (QED) is 0.227. The van der Waals surface area contributed by atoms with Gasteiger partial charge in [-0.05, 0) is 19.8 Å². The fourth-order valence-electron chi connectivity index (χ4n) is 0.309. The van der Waals surface area contributed by atoms with Crippen molar-refractivity contribution in [3.8, 4) is 12.3 Å². The van der Waals surface area contributed by atoms with Crippen LogP contribution in [0.2, 0.25) is 0 Å². The molecule has 0 aromatic heterocycles. The maximum atomic E-state index is 10.5. The average Bonchev–Trinajstić information content (AvgIpc) is 1.84. The molecule has 0 saturated carbocycles. The predicted molar refractivity (Wildman–Crippen MR) is 35.0 cm³/mol. The van der Waals surface area contributed by atoms with Gasteiger partial charge in [0.15, 0.2) is 0 Å². The van der Waals surface area contributed by atoms with Gasteiger partial charge in [0.05, 0.1) is 0 Å². The van der Waals surface area contributed by atoms with E-state index < -0.39 is 5.91 Å². The lowest BCUT2D eigenvalue weighted by molar-refractivity contribution is -0.126. The van der Waals surface area contributed by atoms with Crippen molar-refractivity contribution in [3.63, 3.8) is 0 Å². The van der Waals surface area contributed by atoms with E-state index in [1.54, 1.807) is 13.8 Å². The molecule has 2 N–H and O–H groups in total. The highest BCUT2D eigenvalue weighted by Gasteiger charge is 2.07. The van der Waals surface area contributed by atoms with E-state index in [2.05, 4.69) is 0 Å². The average molecular weight is 126 g/mol. The van der Waals surface area contributed by atoms with Crippen molar-refractivity contribution in [1.29, 1.82) is 0 Å². The van der Waals surface area contributed by atoms with E-state index in [-0.39, 0.29) is 6.04 Å². The highest BCUT2D eigenvalue weighted by Crippen LogP contribution is 1.88. The van der Waals surface area contributed by atoms with Gasteiger partial charge in [-0.15, -0.1) is 6.42 Å². The molecule has 0 atom stereocenters. The molecule has 0 heterocycles. The molecule has 0 bridgehead atoms. The Morgan fingerprint density at radius 1 is 1.78 bits per heavy atom. The van der Waals surface area contributed by atoms with Gasteiger partial charge in [0.25, 0.3) is 0 Å². The van der Waals surface area contributed by atoms with Gasteiger partial charge >= 0.3 is 5.91 Å². The van der Waals surface area contributed by atoms with E-state index in [0.717, 1.165) is 5.01 Å². The molecule has 3 nitrogen and oxygen atoms in total. The zero-order chi connectivity index (χ0) is 7.44. The van der Waals surface area contributed by atoms with Gasteiger partial charge < -0.3 is 0 Å². The number of hydrazine groups is 1. The molecular weight excluding hydrogens is 116 g/mol. The lowest BCUT2D eigenvalue weighted by Gasteiger charge is -2.16. The topological polar surface area (TPSA) is 46.3 Å². The molecule has 0 spiro atoms. The summed E-state index contributed by atoms with van der Waals surface area (Å²) >= 11 is 0. The summed E-state index contributed by atoms with van der Waals surface area (Å²) in [5.74, 6) is 6.64. The molecule has 0 radical (unpaired) electrons. The Morgan fingerprint density at radius 2 is 2.22 bits per heavy atom. The first-order chi connectivity index (χ1) is 4.09. The second-order valence-corrected chi connectivity index (χ2v) is 1.95. The van der Waals surface area contributed by atoms with Crippen molar-refractivity contribution >= 4 is 5.91 Å². The second kappa shape index (κ2) is 3.10. The van der Waals surface area contributed by atoms with Gasteiger partial charge in [0.2, 0.25) is 0 Å². The van der Waals surface area contributed by atoms with Gasteiger partial charge in [-0.1, -0.05) is 0 Å². The van der Waals surface area contributed by atoms with Crippen molar-refractivity contribution in [2.75, 3.05) is 0 Å². The number of nitrogens with two attached hydrogens (primary N) is 1. The van der Waals surface area contributed by atoms with Crippen LogP contribution in [0.4, 0.5) is 0 Å². The van der Waals surface area contributed by atoms with Crippen LogP contribution in [0.5, 0.6) is 0 Å². The van der Waals surface area contributed by atoms with Crippen molar-refractivity contribution < 1.29 is 4.79 Å². The standard InChI is InChI=1S/C6H10N2O/c1-4-6(9)8(7)5(2)3/h1,5H,7H2,2-3H3. The Morgan fingerprint density at radius 3 is 2.33 bits per heavy atom. The smallest absolute Gasteiger partial charge is 0.267 e. The number of amides is 1. The minimum Gasteiger partial charge on any atom is -0.267 e. The monoisotopic (exact) mass is 126 g/mol. The van der Waals surface area contributed by atoms with Crippen LogP contribution in [-0.4, -0.2) is 17.0 Å². The lowest BCUT2D eigenvalue weighted by Crippen LogP contribution is -2.41. The highest BCUT2D eigenvalue weighted by atomic mass is 16.2. The Kier molecular flexibility index (Phi) is 2.75. The first-order valence-electron chi connectivity index (χ1n) is 2.64. The molecule has 0 aromatic carbocycles. The Bertz CT molecular complexity index is 146. The normalized spacial score (nSPS) is 8.78. The summed E-state index contributed by atoms with van der Waals surface area (Å²) in [5, 5.41) is 1.01. The number of carbonyl (C=O) groups is 1. The molecule has 0 aliphatic carbocycles. The highest BCUT2D eigenvalue weighted by molar-refractivity contribution is 5.92. The predicted octanol–water partition coefficient (Wildman–Crippen LogP) is -0.270. The van der Waals surface area contributed by atoms with Crippen LogP contribution in [-0.2, 0) is 4.79 Å². The third-order valence-electron chi connectivity index (χ3n) is 0.914. The molecule has 0 aliphatic rings. The van der Waals surface area contributed by atoms with E-state index in [9.17, 15) is 4.79 Å². The molecule has 0 rings (SSSR count). The minimum absolute atomic E-state index is 0.0338. The molecule has 50 valence electrons. The number of nitrogens with zero attached hydrogens (tertiary/aromatic N) is 1. The van der Waals surface area contributed by atoms with Gasteiger partial charge in [0, 0.05) is 6.04 Å². The van der Waals surface area contributed by atoms with Crippen LogP contribution in [0, 0.1) is 12.3 Å². The van der Waals surface area contributed by atoms with Crippen molar-refractivity contribution in [1.82, 2.24) is 5.01 Å². The SMILES string of the molecule is C#CC(=O)N(N)C(C)C.